The highest BCUT2D eigenvalue weighted by atomic mass is 15.3. The summed E-state index contributed by atoms with van der Waals surface area (Å²) in [5, 5.41) is 7.73. The summed E-state index contributed by atoms with van der Waals surface area (Å²) >= 11 is 0. The molecule has 0 unspecified atom stereocenters. The van der Waals surface area contributed by atoms with Gasteiger partial charge in [-0.25, -0.2) is 4.98 Å². The Morgan fingerprint density at radius 2 is 2.06 bits per heavy atom. The van der Waals surface area contributed by atoms with Crippen LogP contribution in [0.3, 0.4) is 0 Å². The molecule has 4 heteroatoms. The lowest BCUT2D eigenvalue weighted by molar-refractivity contribution is 0.730. The summed E-state index contributed by atoms with van der Waals surface area (Å²) < 4.78 is 1.91. The molecule has 2 aromatic rings. The molecule has 4 nitrogen and oxygen atoms in total. The van der Waals surface area contributed by atoms with Crippen LogP contribution in [-0.2, 0) is 13.6 Å². The van der Waals surface area contributed by atoms with Crippen molar-refractivity contribution >= 4 is 5.82 Å². The number of nitrogens with zero attached hydrogens (tertiary/aromatic N) is 3. The zero-order valence-electron chi connectivity index (χ0n) is 10.8. The fourth-order valence-corrected chi connectivity index (χ4v) is 1.89. The lowest BCUT2D eigenvalue weighted by atomic mass is 10.2. The standard InChI is InChI=1S/C13H18N4/c1-9-5-6-14-13(7-9)15-8-12-10(2)16-17(4)11(12)3/h5-7H,8H2,1-4H3,(H,14,15). The van der Waals surface area contributed by atoms with Crippen LogP contribution >= 0.6 is 0 Å². The molecule has 0 amide bonds. The third kappa shape index (κ3) is 2.46. The first kappa shape index (κ1) is 11.6. The lowest BCUT2D eigenvalue weighted by Crippen LogP contribution is -2.03. The van der Waals surface area contributed by atoms with Crippen LogP contribution in [0.5, 0.6) is 0 Å². The quantitative estimate of drug-likeness (QED) is 0.880. The van der Waals surface area contributed by atoms with E-state index in [4.69, 9.17) is 0 Å². The third-order valence-electron chi connectivity index (χ3n) is 3.02. The summed E-state index contributed by atoms with van der Waals surface area (Å²) in [6, 6.07) is 4.03. The van der Waals surface area contributed by atoms with Gasteiger partial charge < -0.3 is 5.32 Å². The van der Waals surface area contributed by atoms with Gasteiger partial charge in [0.25, 0.3) is 0 Å². The molecule has 0 saturated heterocycles. The molecule has 0 aliphatic carbocycles. The van der Waals surface area contributed by atoms with Crippen LogP contribution < -0.4 is 5.32 Å². The first-order valence-electron chi connectivity index (χ1n) is 5.73. The van der Waals surface area contributed by atoms with Crippen LogP contribution in [0, 0.1) is 20.8 Å². The molecule has 0 saturated carbocycles. The summed E-state index contributed by atoms with van der Waals surface area (Å²) in [6.45, 7) is 6.95. The Kier molecular flexibility index (Phi) is 3.13. The van der Waals surface area contributed by atoms with Crippen molar-refractivity contribution in [3.05, 3.63) is 40.8 Å². The van der Waals surface area contributed by atoms with Crippen LogP contribution in [0.1, 0.15) is 22.5 Å². The van der Waals surface area contributed by atoms with E-state index in [-0.39, 0.29) is 0 Å². The highest BCUT2D eigenvalue weighted by molar-refractivity contribution is 5.39. The minimum absolute atomic E-state index is 0.766. The number of aromatic nitrogens is 3. The van der Waals surface area contributed by atoms with E-state index in [0.29, 0.717) is 0 Å². The van der Waals surface area contributed by atoms with Crippen molar-refractivity contribution in [2.75, 3.05) is 5.32 Å². The first-order valence-corrected chi connectivity index (χ1v) is 5.73. The second-order valence-electron chi connectivity index (χ2n) is 4.34. The van der Waals surface area contributed by atoms with Gasteiger partial charge in [0, 0.05) is 31.0 Å². The van der Waals surface area contributed by atoms with Crippen LogP contribution in [0.4, 0.5) is 5.82 Å². The van der Waals surface area contributed by atoms with Crippen molar-refractivity contribution in [2.45, 2.75) is 27.3 Å². The predicted molar refractivity (Wildman–Crippen MR) is 69.0 cm³/mol. The van der Waals surface area contributed by atoms with Gasteiger partial charge in [-0.1, -0.05) is 0 Å². The zero-order valence-corrected chi connectivity index (χ0v) is 10.8. The number of anilines is 1. The van der Waals surface area contributed by atoms with Gasteiger partial charge in [0.1, 0.15) is 5.82 Å². The summed E-state index contributed by atoms with van der Waals surface area (Å²) in [5.74, 6) is 0.910. The Morgan fingerprint density at radius 1 is 1.29 bits per heavy atom. The van der Waals surface area contributed by atoms with Crippen molar-refractivity contribution in [3.63, 3.8) is 0 Å². The Hall–Kier alpha value is -1.84. The normalized spacial score (nSPS) is 10.6. The van der Waals surface area contributed by atoms with E-state index in [1.165, 1.54) is 16.8 Å². The maximum Gasteiger partial charge on any atom is 0.126 e. The molecule has 2 aromatic heterocycles. The van der Waals surface area contributed by atoms with Gasteiger partial charge in [0.15, 0.2) is 0 Å². The average molecular weight is 230 g/mol. The fraction of sp³-hybridized carbons (Fsp3) is 0.385. The van der Waals surface area contributed by atoms with Gasteiger partial charge in [-0.15, -0.1) is 0 Å². The second kappa shape index (κ2) is 4.57. The molecule has 0 aliphatic rings. The summed E-state index contributed by atoms with van der Waals surface area (Å²) in [5.41, 5.74) is 4.73. The first-order chi connectivity index (χ1) is 8.08. The SMILES string of the molecule is Cc1ccnc(NCc2c(C)nn(C)c2C)c1. The Balaban J connectivity index is 2.12. The summed E-state index contributed by atoms with van der Waals surface area (Å²) in [4.78, 5) is 4.28. The zero-order chi connectivity index (χ0) is 12.4. The van der Waals surface area contributed by atoms with Crippen molar-refractivity contribution < 1.29 is 0 Å². The topological polar surface area (TPSA) is 42.7 Å². The number of nitrogens with one attached hydrogen (secondary N) is 1. The van der Waals surface area contributed by atoms with Crippen LogP contribution in [-0.4, -0.2) is 14.8 Å². The van der Waals surface area contributed by atoms with Crippen molar-refractivity contribution in [2.24, 2.45) is 7.05 Å². The molecule has 2 heterocycles. The molecule has 0 spiro atoms. The third-order valence-corrected chi connectivity index (χ3v) is 3.02. The number of rotatable bonds is 3. The largest absolute Gasteiger partial charge is 0.366 e. The Bertz CT molecular complexity index is 528. The fourth-order valence-electron chi connectivity index (χ4n) is 1.89. The number of pyridine rings is 1. The summed E-state index contributed by atoms with van der Waals surface area (Å²) in [7, 11) is 1.97. The molecule has 1 N–H and O–H groups in total. The van der Waals surface area contributed by atoms with E-state index in [1.807, 2.05) is 37.0 Å². The van der Waals surface area contributed by atoms with Gasteiger partial charge in [0.2, 0.25) is 0 Å². The second-order valence-corrected chi connectivity index (χ2v) is 4.34. The van der Waals surface area contributed by atoms with E-state index >= 15 is 0 Å². The van der Waals surface area contributed by atoms with E-state index in [9.17, 15) is 0 Å². The van der Waals surface area contributed by atoms with E-state index in [1.54, 1.807) is 0 Å². The minimum Gasteiger partial charge on any atom is -0.366 e. The van der Waals surface area contributed by atoms with Crippen LogP contribution in [0.2, 0.25) is 0 Å². The van der Waals surface area contributed by atoms with Gasteiger partial charge in [-0.05, 0) is 38.5 Å². The molecule has 0 aliphatic heterocycles. The molecule has 90 valence electrons. The molecule has 0 atom stereocenters. The van der Waals surface area contributed by atoms with E-state index < -0.39 is 0 Å². The highest BCUT2D eigenvalue weighted by Gasteiger charge is 2.08. The van der Waals surface area contributed by atoms with Crippen molar-refractivity contribution in [1.29, 1.82) is 0 Å². The van der Waals surface area contributed by atoms with Crippen LogP contribution in [0.15, 0.2) is 18.3 Å². The highest BCUT2D eigenvalue weighted by Crippen LogP contribution is 2.14. The molecule has 0 fully saturated rings. The number of aryl methyl sites for hydroxylation is 3. The minimum atomic E-state index is 0.766. The van der Waals surface area contributed by atoms with Crippen molar-refractivity contribution in [3.8, 4) is 0 Å². The van der Waals surface area contributed by atoms with Gasteiger partial charge in [-0.2, -0.15) is 5.10 Å². The van der Waals surface area contributed by atoms with E-state index in [2.05, 4.69) is 29.2 Å². The smallest absolute Gasteiger partial charge is 0.126 e. The molecule has 0 bridgehead atoms. The maximum absolute atomic E-state index is 4.40. The Labute approximate surface area is 102 Å². The number of hydrogen-bond acceptors (Lipinski definition) is 3. The average Bonchev–Trinajstić information content (AvgIpc) is 2.51. The number of hydrogen-bond donors (Lipinski definition) is 1. The molecular formula is C13H18N4. The molecule has 17 heavy (non-hydrogen) atoms. The molecule has 0 radical (unpaired) electrons. The molecule has 2 rings (SSSR count). The Morgan fingerprint density at radius 3 is 2.65 bits per heavy atom. The predicted octanol–water partition coefficient (Wildman–Crippen LogP) is 2.35. The van der Waals surface area contributed by atoms with Gasteiger partial charge in [0.05, 0.1) is 5.69 Å². The summed E-state index contributed by atoms with van der Waals surface area (Å²) in [6.07, 6.45) is 1.82. The van der Waals surface area contributed by atoms with Gasteiger partial charge >= 0.3 is 0 Å². The lowest BCUT2D eigenvalue weighted by Gasteiger charge is -2.06. The maximum atomic E-state index is 4.40. The van der Waals surface area contributed by atoms with Crippen LogP contribution in [0.25, 0.3) is 0 Å². The van der Waals surface area contributed by atoms with Gasteiger partial charge in [-0.3, -0.25) is 4.68 Å². The van der Waals surface area contributed by atoms with E-state index in [0.717, 1.165) is 18.1 Å². The molecule has 0 aromatic carbocycles. The monoisotopic (exact) mass is 230 g/mol. The molecular weight excluding hydrogens is 212 g/mol. The van der Waals surface area contributed by atoms with Crippen molar-refractivity contribution in [1.82, 2.24) is 14.8 Å².